The number of nitrogens with zero attached hydrogens (tertiary/aromatic N) is 1. The number of Topliss-reactive ketones (excluding diaryl/α,β-unsaturated/α-hetero) is 1. The first kappa shape index (κ1) is 26.3. The summed E-state index contributed by atoms with van der Waals surface area (Å²) >= 11 is 0. The molecule has 0 unspecified atom stereocenters. The zero-order valence-electron chi connectivity index (χ0n) is 18.9. The molecule has 1 aromatic rings. The molecule has 0 bridgehead atoms. The SMILES string of the molecule is NC(=O)C[C@H](N)C(=O)CCCCCCCCCCCCCCCC[n+]1ccccc1. The average molecular weight is 419 g/mol. The molecule has 0 fully saturated rings. The van der Waals surface area contributed by atoms with Gasteiger partial charge in [-0.25, -0.2) is 4.57 Å². The number of aryl methyl sites for hydroxylation is 1. The van der Waals surface area contributed by atoms with Crippen molar-refractivity contribution < 1.29 is 14.2 Å². The molecule has 1 atom stereocenters. The lowest BCUT2D eigenvalue weighted by atomic mass is 10.0. The molecule has 0 aliphatic carbocycles. The van der Waals surface area contributed by atoms with Crippen molar-refractivity contribution in [3.05, 3.63) is 30.6 Å². The van der Waals surface area contributed by atoms with E-state index >= 15 is 0 Å². The maximum Gasteiger partial charge on any atom is 0.219 e. The third kappa shape index (κ3) is 15.1. The Morgan fingerprint density at radius 3 is 1.57 bits per heavy atom. The number of ketones is 1. The number of hydrogen-bond acceptors (Lipinski definition) is 3. The molecule has 4 N–H and O–H groups in total. The van der Waals surface area contributed by atoms with Crippen LogP contribution in [0.1, 0.15) is 103 Å². The molecule has 0 spiro atoms. The summed E-state index contributed by atoms with van der Waals surface area (Å²) in [7, 11) is 0. The highest BCUT2D eigenvalue weighted by molar-refractivity contribution is 5.88. The first-order valence-corrected chi connectivity index (χ1v) is 12.1. The van der Waals surface area contributed by atoms with Crippen LogP contribution in [-0.2, 0) is 16.1 Å². The van der Waals surface area contributed by atoms with Gasteiger partial charge in [-0.2, -0.15) is 0 Å². The number of carbonyl (C=O) groups excluding carboxylic acids is 2. The van der Waals surface area contributed by atoms with Crippen LogP contribution in [0.4, 0.5) is 0 Å². The van der Waals surface area contributed by atoms with Crippen molar-refractivity contribution >= 4 is 11.7 Å². The topological polar surface area (TPSA) is 90.1 Å². The van der Waals surface area contributed by atoms with Crippen LogP contribution >= 0.6 is 0 Å². The van der Waals surface area contributed by atoms with E-state index in [2.05, 4.69) is 35.2 Å². The van der Waals surface area contributed by atoms with Crippen LogP contribution in [0, 0.1) is 0 Å². The molecule has 1 aromatic heterocycles. The van der Waals surface area contributed by atoms with Gasteiger partial charge in [0, 0.05) is 31.4 Å². The fraction of sp³-hybridized carbons (Fsp3) is 0.720. The maximum absolute atomic E-state index is 11.7. The molecule has 0 saturated heterocycles. The van der Waals surface area contributed by atoms with E-state index in [1.165, 1.54) is 77.0 Å². The van der Waals surface area contributed by atoms with Gasteiger partial charge >= 0.3 is 0 Å². The largest absolute Gasteiger partial charge is 0.370 e. The molecule has 0 saturated carbocycles. The molecule has 1 heterocycles. The van der Waals surface area contributed by atoms with Gasteiger partial charge in [-0.05, 0) is 12.8 Å². The Hall–Kier alpha value is -1.75. The molecule has 0 aliphatic heterocycles. The highest BCUT2D eigenvalue weighted by Gasteiger charge is 2.15. The Balaban J connectivity index is 1.76. The van der Waals surface area contributed by atoms with Crippen LogP contribution in [-0.4, -0.2) is 17.7 Å². The second-order valence-electron chi connectivity index (χ2n) is 8.56. The summed E-state index contributed by atoms with van der Waals surface area (Å²) in [6.45, 7) is 1.14. The predicted molar refractivity (Wildman–Crippen MR) is 123 cm³/mol. The minimum atomic E-state index is -0.712. The lowest BCUT2D eigenvalue weighted by Crippen LogP contribution is -2.34. The highest BCUT2D eigenvalue weighted by Crippen LogP contribution is 2.13. The standard InChI is InChI=1S/C25H43N3O2/c26-23(22-25(27)30)24(29)18-14-11-9-7-5-3-1-2-4-6-8-10-12-15-19-28-20-16-13-17-21-28/h13,16-17,20-21,23H,1-12,14-15,18-19,22,26H2,(H-,27,30)/p+1/t23-/m0/s1. The fourth-order valence-corrected chi connectivity index (χ4v) is 3.81. The third-order valence-corrected chi connectivity index (χ3v) is 5.70. The van der Waals surface area contributed by atoms with Crippen LogP contribution in [0.25, 0.3) is 0 Å². The summed E-state index contributed by atoms with van der Waals surface area (Å²) in [6.07, 6.45) is 22.6. The summed E-state index contributed by atoms with van der Waals surface area (Å²) in [5.74, 6) is -0.544. The van der Waals surface area contributed by atoms with Crippen molar-refractivity contribution in [2.24, 2.45) is 11.5 Å². The quantitative estimate of drug-likeness (QED) is 0.239. The molecular weight excluding hydrogens is 374 g/mol. The lowest BCUT2D eigenvalue weighted by molar-refractivity contribution is -0.697. The molecule has 5 heteroatoms. The summed E-state index contributed by atoms with van der Waals surface area (Å²) < 4.78 is 2.27. The number of rotatable bonds is 20. The van der Waals surface area contributed by atoms with E-state index in [0.717, 1.165) is 19.4 Å². The van der Waals surface area contributed by atoms with Gasteiger partial charge in [-0.1, -0.05) is 76.7 Å². The fourth-order valence-electron chi connectivity index (χ4n) is 3.81. The van der Waals surface area contributed by atoms with Gasteiger partial charge < -0.3 is 11.5 Å². The van der Waals surface area contributed by atoms with E-state index < -0.39 is 11.9 Å². The van der Waals surface area contributed by atoms with E-state index in [1.807, 2.05) is 0 Å². The van der Waals surface area contributed by atoms with Crippen molar-refractivity contribution in [1.29, 1.82) is 0 Å². The van der Waals surface area contributed by atoms with Crippen molar-refractivity contribution in [3.8, 4) is 0 Å². The molecule has 30 heavy (non-hydrogen) atoms. The van der Waals surface area contributed by atoms with Crippen LogP contribution in [0.5, 0.6) is 0 Å². The number of hydrogen-bond donors (Lipinski definition) is 2. The summed E-state index contributed by atoms with van der Waals surface area (Å²) in [5, 5.41) is 0. The minimum Gasteiger partial charge on any atom is -0.370 e. The van der Waals surface area contributed by atoms with Gasteiger partial charge in [0.05, 0.1) is 6.04 Å². The van der Waals surface area contributed by atoms with Crippen LogP contribution < -0.4 is 16.0 Å². The van der Waals surface area contributed by atoms with E-state index in [0.29, 0.717) is 6.42 Å². The van der Waals surface area contributed by atoms with E-state index in [1.54, 1.807) is 0 Å². The maximum atomic E-state index is 11.7. The second kappa shape index (κ2) is 18.1. The number of nitrogens with two attached hydrogens (primary N) is 2. The number of pyridine rings is 1. The second-order valence-corrected chi connectivity index (χ2v) is 8.56. The van der Waals surface area contributed by atoms with E-state index in [4.69, 9.17) is 11.5 Å². The molecule has 0 aliphatic rings. The molecule has 0 aromatic carbocycles. The number of aromatic nitrogens is 1. The lowest BCUT2D eigenvalue weighted by Gasteiger charge is -2.08. The molecule has 1 rings (SSSR count). The Morgan fingerprint density at radius 2 is 1.10 bits per heavy atom. The van der Waals surface area contributed by atoms with Crippen molar-refractivity contribution in [3.63, 3.8) is 0 Å². The molecule has 5 nitrogen and oxygen atoms in total. The Morgan fingerprint density at radius 1 is 0.667 bits per heavy atom. The number of carbonyl (C=O) groups is 2. The minimum absolute atomic E-state index is 0.0355. The Labute approximate surface area is 183 Å². The Bertz CT molecular complexity index is 563. The smallest absolute Gasteiger partial charge is 0.219 e. The van der Waals surface area contributed by atoms with Gasteiger partial charge in [0.1, 0.15) is 12.3 Å². The number of amides is 1. The average Bonchev–Trinajstić information content (AvgIpc) is 2.73. The zero-order chi connectivity index (χ0) is 21.9. The normalized spacial score (nSPS) is 12.0. The van der Waals surface area contributed by atoms with Crippen molar-refractivity contribution in [1.82, 2.24) is 0 Å². The molecule has 0 radical (unpaired) electrons. The molecule has 1 amide bonds. The molecule has 170 valence electrons. The van der Waals surface area contributed by atoms with Crippen LogP contribution in [0.3, 0.4) is 0 Å². The van der Waals surface area contributed by atoms with Gasteiger partial charge in [-0.15, -0.1) is 0 Å². The van der Waals surface area contributed by atoms with Crippen LogP contribution in [0.2, 0.25) is 0 Å². The summed E-state index contributed by atoms with van der Waals surface area (Å²) in [6, 6.07) is 5.54. The summed E-state index contributed by atoms with van der Waals surface area (Å²) in [4.78, 5) is 22.5. The monoisotopic (exact) mass is 418 g/mol. The van der Waals surface area contributed by atoms with Gasteiger partial charge in [0.25, 0.3) is 0 Å². The van der Waals surface area contributed by atoms with E-state index in [9.17, 15) is 9.59 Å². The van der Waals surface area contributed by atoms with Gasteiger partial charge in [0.15, 0.2) is 12.4 Å². The van der Waals surface area contributed by atoms with Crippen molar-refractivity contribution in [2.75, 3.05) is 0 Å². The van der Waals surface area contributed by atoms with Crippen LogP contribution in [0.15, 0.2) is 30.6 Å². The first-order chi connectivity index (χ1) is 14.6. The number of unbranched alkanes of at least 4 members (excludes halogenated alkanes) is 13. The predicted octanol–water partition coefficient (Wildman–Crippen LogP) is 4.60. The summed E-state index contributed by atoms with van der Waals surface area (Å²) in [5.41, 5.74) is 10.7. The Kier molecular flexibility index (Phi) is 15.8. The molecular formula is C25H44N3O2+. The van der Waals surface area contributed by atoms with E-state index in [-0.39, 0.29) is 12.2 Å². The zero-order valence-corrected chi connectivity index (χ0v) is 18.9. The first-order valence-electron chi connectivity index (χ1n) is 12.1. The number of primary amides is 1. The highest BCUT2D eigenvalue weighted by atomic mass is 16.1. The van der Waals surface area contributed by atoms with Gasteiger partial charge in [0.2, 0.25) is 5.91 Å². The van der Waals surface area contributed by atoms with Crippen molar-refractivity contribution in [2.45, 2.75) is 115 Å². The third-order valence-electron chi connectivity index (χ3n) is 5.70. The van der Waals surface area contributed by atoms with Gasteiger partial charge in [-0.3, -0.25) is 9.59 Å².